The molecule has 0 bridgehead atoms. The largest absolute Gasteiger partial charge is 0.462 e. The van der Waals surface area contributed by atoms with Crippen molar-refractivity contribution >= 4 is 21.9 Å². The van der Waals surface area contributed by atoms with Gasteiger partial charge in [-0.1, -0.05) is 12.0 Å². The number of esters is 1. The van der Waals surface area contributed by atoms with Gasteiger partial charge in [0.05, 0.1) is 13.1 Å². The number of halogens is 1. The zero-order chi connectivity index (χ0) is 15.1. The molecule has 8 heteroatoms. The van der Waals surface area contributed by atoms with E-state index in [9.17, 15) is 14.4 Å². The van der Waals surface area contributed by atoms with Crippen molar-refractivity contribution in [1.82, 2.24) is 14.3 Å². The average Bonchev–Trinajstić information content (AvgIpc) is 2.39. The number of ether oxygens (including phenoxy) is 1. The Kier molecular flexibility index (Phi) is 5.93. The van der Waals surface area contributed by atoms with Crippen molar-refractivity contribution in [1.29, 1.82) is 0 Å². The number of allylic oxidation sites excluding steroid dienone is 1. The summed E-state index contributed by atoms with van der Waals surface area (Å²) in [6, 6.07) is 0. The molecule has 0 aromatic carbocycles. The van der Waals surface area contributed by atoms with Gasteiger partial charge in [0, 0.05) is 6.92 Å². The number of aromatic nitrogens is 3. The van der Waals surface area contributed by atoms with Crippen molar-refractivity contribution in [2.45, 2.75) is 20.0 Å². The Morgan fingerprint density at radius 2 is 2.20 bits per heavy atom. The van der Waals surface area contributed by atoms with E-state index in [1.807, 2.05) is 0 Å². The van der Waals surface area contributed by atoms with Crippen LogP contribution in [0.4, 0.5) is 0 Å². The van der Waals surface area contributed by atoms with E-state index in [0.29, 0.717) is 0 Å². The van der Waals surface area contributed by atoms with Gasteiger partial charge in [-0.15, -0.1) is 6.42 Å². The van der Waals surface area contributed by atoms with Crippen LogP contribution in [-0.2, 0) is 22.6 Å². The molecule has 20 heavy (non-hydrogen) atoms. The first kappa shape index (κ1) is 15.9. The predicted octanol–water partition coefficient (Wildman–Crippen LogP) is -0.0800. The van der Waals surface area contributed by atoms with Gasteiger partial charge in [0.2, 0.25) is 0 Å². The van der Waals surface area contributed by atoms with Crippen LogP contribution in [0.3, 0.4) is 0 Å². The zero-order valence-electron chi connectivity index (χ0n) is 10.7. The summed E-state index contributed by atoms with van der Waals surface area (Å²) in [6.45, 7) is 1.40. The average molecular weight is 342 g/mol. The van der Waals surface area contributed by atoms with E-state index in [-0.39, 0.29) is 24.3 Å². The Bertz CT molecular complexity index is 681. The Morgan fingerprint density at radius 1 is 1.50 bits per heavy atom. The molecule has 0 N–H and O–H groups in total. The van der Waals surface area contributed by atoms with Gasteiger partial charge in [-0.3, -0.25) is 9.59 Å². The van der Waals surface area contributed by atoms with E-state index in [4.69, 9.17) is 11.2 Å². The molecule has 0 fully saturated rings. The highest BCUT2D eigenvalue weighted by Crippen LogP contribution is 1.94. The molecule has 7 nitrogen and oxygen atoms in total. The Morgan fingerprint density at radius 3 is 2.80 bits per heavy atom. The molecule has 1 aromatic rings. The SMILES string of the molecule is C#CCn1c(=O)c(Br)nn(C/C=C/COC(C)=O)c1=O. The molecule has 1 aromatic heterocycles. The first-order valence-corrected chi connectivity index (χ1v) is 6.36. The third-order valence-corrected chi connectivity index (χ3v) is 2.66. The summed E-state index contributed by atoms with van der Waals surface area (Å²) in [7, 11) is 0. The summed E-state index contributed by atoms with van der Waals surface area (Å²) < 4.78 is 6.67. The fourth-order valence-corrected chi connectivity index (χ4v) is 1.69. The molecule has 0 atom stereocenters. The molecule has 0 aliphatic carbocycles. The fraction of sp³-hybridized carbons (Fsp3) is 0.333. The van der Waals surface area contributed by atoms with Crippen molar-refractivity contribution < 1.29 is 9.53 Å². The zero-order valence-corrected chi connectivity index (χ0v) is 12.3. The lowest BCUT2D eigenvalue weighted by atomic mass is 10.5. The number of carbonyl (C=O) groups excluding carboxylic acids is 1. The highest BCUT2D eigenvalue weighted by Gasteiger charge is 2.09. The number of hydrogen-bond donors (Lipinski definition) is 0. The van der Waals surface area contributed by atoms with E-state index in [1.54, 1.807) is 12.2 Å². The maximum absolute atomic E-state index is 11.9. The lowest BCUT2D eigenvalue weighted by Gasteiger charge is -2.05. The summed E-state index contributed by atoms with van der Waals surface area (Å²) >= 11 is 2.98. The standard InChI is InChI=1S/C12H12BrN3O4/c1-3-6-15-11(18)10(13)14-16(12(15)19)7-4-5-8-20-9(2)17/h1,4-5H,6-8H2,2H3/b5-4+. The number of hydrogen-bond acceptors (Lipinski definition) is 5. The van der Waals surface area contributed by atoms with Crippen LogP contribution in [-0.4, -0.2) is 26.9 Å². The topological polar surface area (TPSA) is 83.2 Å². The lowest BCUT2D eigenvalue weighted by Crippen LogP contribution is -2.41. The minimum Gasteiger partial charge on any atom is -0.462 e. The van der Waals surface area contributed by atoms with Crippen molar-refractivity contribution in [3.05, 3.63) is 37.6 Å². The van der Waals surface area contributed by atoms with Crippen LogP contribution in [0.15, 0.2) is 26.3 Å². The highest BCUT2D eigenvalue weighted by atomic mass is 79.9. The minimum absolute atomic E-state index is 0.000681. The first-order valence-electron chi connectivity index (χ1n) is 5.56. The van der Waals surface area contributed by atoms with Gasteiger partial charge in [0.25, 0.3) is 5.56 Å². The summed E-state index contributed by atoms with van der Waals surface area (Å²) in [5.74, 6) is 1.84. The van der Waals surface area contributed by atoms with Crippen LogP contribution in [0.1, 0.15) is 6.92 Å². The Hall–Kier alpha value is -2.14. The van der Waals surface area contributed by atoms with E-state index in [0.717, 1.165) is 9.25 Å². The maximum Gasteiger partial charge on any atom is 0.348 e. The van der Waals surface area contributed by atoms with Crippen LogP contribution in [0.25, 0.3) is 0 Å². The van der Waals surface area contributed by atoms with Gasteiger partial charge >= 0.3 is 11.7 Å². The molecule has 0 saturated carbocycles. The van der Waals surface area contributed by atoms with E-state index in [2.05, 4.69) is 26.9 Å². The van der Waals surface area contributed by atoms with Gasteiger partial charge in [-0.25, -0.2) is 14.0 Å². The predicted molar refractivity (Wildman–Crippen MR) is 75.1 cm³/mol. The number of terminal acetylenes is 1. The van der Waals surface area contributed by atoms with E-state index in [1.165, 1.54) is 6.92 Å². The maximum atomic E-state index is 11.9. The van der Waals surface area contributed by atoms with Crippen molar-refractivity contribution in [3.63, 3.8) is 0 Å². The fourth-order valence-electron chi connectivity index (χ4n) is 1.29. The normalized spacial score (nSPS) is 10.4. The van der Waals surface area contributed by atoms with Gasteiger partial charge in [-0.2, -0.15) is 5.10 Å². The molecular weight excluding hydrogens is 330 g/mol. The van der Waals surface area contributed by atoms with E-state index >= 15 is 0 Å². The van der Waals surface area contributed by atoms with Crippen LogP contribution in [0.2, 0.25) is 0 Å². The Labute approximate surface area is 123 Å². The summed E-state index contributed by atoms with van der Waals surface area (Å²) in [5, 5.41) is 3.81. The molecule has 0 aliphatic heterocycles. The smallest absolute Gasteiger partial charge is 0.348 e. The number of rotatable bonds is 5. The second-order valence-corrected chi connectivity index (χ2v) is 4.38. The number of carbonyl (C=O) groups is 1. The van der Waals surface area contributed by atoms with Crippen LogP contribution in [0, 0.1) is 12.3 Å². The Balaban J connectivity index is 2.92. The molecular formula is C12H12BrN3O4. The quantitative estimate of drug-likeness (QED) is 0.425. The monoisotopic (exact) mass is 341 g/mol. The van der Waals surface area contributed by atoms with Gasteiger partial charge in [-0.05, 0) is 22.0 Å². The molecule has 0 radical (unpaired) electrons. The highest BCUT2D eigenvalue weighted by molar-refractivity contribution is 9.10. The lowest BCUT2D eigenvalue weighted by molar-refractivity contribution is -0.139. The van der Waals surface area contributed by atoms with Gasteiger partial charge < -0.3 is 4.74 Å². The molecule has 106 valence electrons. The molecule has 0 saturated heterocycles. The molecule has 1 rings (SSSR count). The second-order valence-electron chi connectivity index (χ2n) is 3.62. The number of nitrogens with zero attached hydrogens (tertiary/aromatic N) is 3. The molecule has 0 unspecified atom stereocenters. The van der Waals surface area contributed by atoms with Crippen LogP contribution < -0.4 is 11.2 Å². The first-order chi connectivity index (χ1) is 9.47. The summed E-state index contributed by atoms with van der Waals surface area (Å²) in [6.07, 6.45) is 8.27. The summed E-state index contributed by atoms with van der Waals surface area (Å²) in [5.41, 5.74) is -1.18. The second kappa shape index (κ2) is 7.45. The molecule has 0 amide bonds. The van der Waals surface area contributed by atoms with Gasteiger partial charge in [0.15, 0.2) is 4.60 Å². The van der Waals surface area contributed by atoms with E-state index < -0.39 is 17.2 Å². The van der Waals surface area contributed by atoms with Crippen LogP contribution in [0.5, 0.6) is 0 Å². The molecule has 0 spiro atoms. The minimum atomic E-state index is -0.603. The van der Waals surface area contributed by atoms with Crippen molar-refractivity contribution in [3.8, 4) is 12.3 Å². The van der Waals surface area contributed by atoms with Crippen molar-refractivity contribution in [2.75, 3.05) is 6.61 Å². The molecule has 0 aliphatic rings. The van der Waals surface area contributed by atoms with Crippen molar-refractivity contribution in [2.24, 2.45) is 0 Å². The summed E-state index contributed by atoms with van der Waals surface area (Å²) in [4.78, 5) is 34.1. The third-order valence-electron chi connectivity index (χ3n) is 2.16. The molecule has 1 heterocycles. The third kappa shape index (κ3) is 4.20. The van der Waals surface area contributed by atoms with Crippen LogP contribution >= 0.6 is 15.9 Å². The van der Waals surface area contributed by atoms with Gasteiger partial charge in [0.1, 0.15) is 6.61 Å².